The van der Waals surface area contributed by atoms with Crippen molar-refractivity contribution in [1.82, 2.24) is 39.7 Å². The van der Waals surface area contributed by atoms with Crippen molar-refractivity contribution in [3.05, 3.63) is 42.7 Å². The molecule has 1 saturated heterocycles. The number of aromatic amines is 1. The van der Waals surface area contributed by atoms with Crippen molar-refractivity contribution in [3.63, 3.8) is 0 Å². The van der Waals surface area contributed by atoms with E-state index >= 15 is 0 Å². The molecular formula is C24H33N9O. The highest BCUT2D eigenvalue weighted by Crippen LogP contribution is 2.29. The Bertz CT molecular complexity index is 1240. The SMILES string of the molecule is CC.CC(C)NC(=O)N1CCC(n2c(CNc3ncnc4nc[nH]c34)nc3ccccc32)CC1. The van der Waals surface area contributed by atoms with Crippen LogP contribution < -0.4 is 10.6 Å². The maximum atomic E-state index is 12.4. The van der Waals surface area contributed by atoms with Gasteiger partial charge in [0.15, 0.2) is 11.5 Å². The number of benzene rings is 1. The Morgan fingerprint density at radius 2 is 1.91 bits per heavy atom. The van der Waals surface area contributed by atoms with Crippen LogP contribution >= 0.6 is 0 Å². The van der Waals surface area contributed by atoms with Crippen molar-refractivity contribution in [2.45, 2.75) is 59.2 Å². The second kappa shape index (κ2) is 10.5. The number of para-hydroxylation sites is 2. The predicted molar refractivity (Wildman–Crippen MR) is 134 cm³/mol. The molecule has 10 heteroatoms. The number of fused-ring (bicyclic) bond motifs is 2. The molecule has 0 saturated carbocycles. The number of nitrogens with one attached hydrogen (secondary N) is 3. The van der Waals surface area contributed by atoms with Crippen LogP contribution in [0.5, 0.6) is 0 Å². The Labute approximate surface area is 199 Å². The van der Waals surface area contributed by atoms with E-state index in [0.717, 1.165) is 48.3 Å². The minimum absolute atomic E-state index is 0.0168. The molecule has 4 aromatic rings. The number of nitrogens with zero attached hydrogens (tertiary/aromatic N) is 6. The van der Waals surface area contributed by atoms with E-state index in [1.54, 1.807) is 6.33 Å². The second-order valence-electron chi connectivity index (χ2n) is 8.39. The monoisotopic (exact) mass is 463 g/mol. The molecule has 3 N–H and O–H groups in total. The first-order chi connectivity index (χ1) is 16.6. The zero-order valence-electron chi connectivity index (χ0n) is 20.2. The summed E-state index contributed by atoms with van der Waals surface area (Å²) in [5.41, 5.74) is 3.49. The van der Waals surface area contributed by atoms with Gasteiger partial charge in [0.2, 0.25) is 0 Å². The molecule has 1 fully saturated rings. The molecular weight excluding hydrogens is 430 g/mol. The fourth-order valence-corrected chi connectivity index (χ4v) is 4.35. The Morgan fingerprint density at radius 3 is 2.68 bits per heavy atom. The van der Waals surface area contributed by atoms with Gasteiger partial charge in [-0.3, -0.25) is 0 Å². The lowest BCUT2D eigenvalue weighted by Crippen LogP contribution is -2.46. The fourth-order valence-electron chi connectivity index (χ4n) is 4.35. The summed E-state index contributed by atoms with van der Waals surface area (Å²) in [7, 11) is 0. The Balaban J connectivity index is 0.00000133. The van der Waals surface area contributed by atoms with Gasteiger partial charge in [-0.05, 0) is 38.8 Å². The standard InChI is InChI=1S/C22H27N9O.C2H6/c1-14(2)28-22(32)30-9-7-15(8-10-30)31-17-6-4-3-5-16(17)29-18(31)11-23-20-19-21(25-12-24-19)27-13-26-20;1-2/h3-6,12-15H,7-11H2,1-2H3,(H,28,32)(H2,23,24,25,26,27);1-2H3. The number of rotatable bonds is 5. The van der Waals surface area contributed by atoms with Crippen molar-refractivity contribution < 1.29 is 4.79 Å². The predicted octanol–water partition coefficient (Wildman–Crippen LogP) is 4.10. The number of likely N-dealkylation sites (tertiary alicyclic amines) is 1. The van der Waals surface area contributed by atoms with Gasteiger partial charge in [0.25, 0.3) is 0 Å². The van der Waals surface area contributed by atoms with Crippen molar-refractivity contribution in [3.8, 4) is 0 Å². The summed E-state index contributed by atoms with van der Waals surface area (Å²) >= 11 is 0. The van der Waals surface area contributed by atoms with Crippen LogP contribution in [0.1, 0.15) is 52.4 Å². The third-order valence-corrected chi connectivity index (χ3v) is 5.83. The van der Waals surface area contributed by atoms with Gasteiger partial charge in [-0.2, -0.15) is 0 Å². The van der Waals surface area contributed by atoms with Crippen LogP contribution in [-0.4, -0.2) is 59.5 Å². The number of hydrogen-bond donors (Lipinski definition) is 3. The molecule has 1 aromatic carbocycles. The van der Waals surface area contributed by atoms with E-state index in [-0.39, 0.29) is 18.1 Å². The molecule has 0 aliphatic carbocycles. The molecule has 5 rings (SSSR count). The van der Waals surface area contributed by atoms with Crippen molar-refractivity contribution in [1.29, 1.82) is 0 Å². The average Bonchev–Trinajstić information content (AvgIpc) is 3.48. The normalized spacial score (nSPS) is 14.3. The molecule has 4 heterocycles. The molecule has 3 aromatic heterocycles. The number of urea groups is 1. The molecule has 180 valence electrons. The second-order valence-corrected chi connectivity index (χ2v) is 8.39. The number of anilines is 1. The summed E-state index contributed by atoms with van der Waals surface area (Å²) in [6.07, 6.45) is 4.89. The van der Waals surface area contributed by atoms with Gasteiger partial charge in [-0.15, -0.1) is 0 Å². The summed E-state index contributed by atoms with van der Waals surface area (Å²) in [5, 5.41) is 6.39. The van der Waals surface area contributed by atoms with E-state index in [1.807, 2.05) is 50.8 Å². The van der Waals surface area contributed by atoms with Gasteiger partial charge in [0.05, 0.1) is 23.9 Å². The number of carbonyl (C=O) groups excluding carboxylic acids is 1. The third-order valence-electron chi connectivity index (χ3n) is 5.83. The number of H-pyrrole nitrogens is 1. The van der Waals surface area contributed by atoms with E-state index in [4.69, 9.17) is 4.98 Å². The van der Waals surface area contributed by atoms with Gasteiger partial charge in [-0.25, -0.2) is 24.7 Å². The molecule has 0 radical (unpaired) electrons. The highest BCUT2D eigenvalue weighted by molar-refractivity contribution is 5.82. The number of aromatic nitrogens is 6. The van der Waals surface area contributed by atoms with Crippen LogP contribution in [0.3, 0.4) is 0 Å². The van der Waals surface area contributed by atoms with Crippen LogP contribution in [0, 0.1) is 0 Å². The van der Waals surface area contributed by atoms with Gasteiger partial charge in [-0.1, -0.05) is 26.0 Å². The maximum Gasteiger partial charge on any atom is 0.317 e. The number of carbonyl (C=O) groups is 1. The van der Waals surface area contributed by atoms with Crippen molar-refractivity contribution >= 4 is 34.0 Å². The van der Waals surface area contributed by atoms with Crippen molar-refractivity contribution in [2.75, 3.05) is 18.4 Å². The van der Waals surface area contributed by atoms with Gasteiger partial charge >= 0.3 is 6.03 Å². The summed E-state index contributed by atoms with van der Waals surface area (Å²) in [5.74, 6) is 1.65. The number of imidazole rings is 2. The molecule has 10 nitrogen and oxygen atoms in total. The number of piperidine rings is 1. The fraction of sp³-hybridized carbons (Fsp3) is 0.458. The minimum atomic E-state index is 0.0168. The quantitative estimate of drug-likeness (QED) is 0.410. The first-order valence-electron chi connectivity index (χ1n) is 12.0. The van der Waals surface area contributed by atoms with E-state index in [1.165, 1.54) is 6.33 Å². The van der Waals surface area contributed by atoms with Crippen LogP contribution in [0.4, 0.5) is 10.6 Å². The number of amides is 2. The van der Waals surface area contributed by atoms with Gasteiger partial charge in [0, 0.05) is 25.2 Å². The average molecular weight is 464 g/mol. The molecule has 34 heavy (non-hydrogen) atoms. The molecule has 0 unspecified atom stereocenters. The van der Waals surface area contributed by atoms with Crippen LogP contribution in [-0.2, 0) is 6.54 Å². The summed E-state index contributed by atoms with van der Waals surface area (Å²) in [4.78, 5) is 35.0. The van der Waals surface area contributed by atoms with Crippen LogP contribution in [0.25, 0.3) is 22.2 Å². The Hall–Kier alpha value is -3.69. The highest BCUT2D eigenvalue weighted by atomic mass is 16.2. The largest absolute Gasteiger partial charge is 0.361 e. The lowest BCUT2D eigenvalue weighted by molar-refractivity contribution is 0.169. The summed E-state index contributed by atoms with van der Waals surface area (Å²) < 4.78 is 2.32. The smallest absolute Gasteiger partial charge is 0.317 e. The molecule has 1 aliphatic heterocycles. The summed E-state index contributed by atoms with van der Waals surface area (Å²) in [6, 6.07) is 8.64. The highest BCUT2D eigenvalue weighted by Gasteiger charge is 2.27. The molecule has 0 bridgehead atoms. The van der Waals surface area contributed by atoms with Crippen LogP contribution in [0.2, 0.25) is 0 Å². The Kier molecular flexibility index (Phi) is 7.24. The molecule has 2 amide bonds. The molecule has 0 atom stereocenters. The van der Waals surface area contributed by atoms with E-state index in [9.17, 15) is 4.79 Å². The van der Waals surface area contributed by atoms with E-state index < -0.39 is 0 Å². The first kappa shape index (κ1) is 23.5. The molecule has 1 aliphatic rings. The maximum absolute atomic E-state index is 12.4. The van der Waals surface area contributed by atoms with E-state index in [2.05, 4.69) is 41.2 Å². The Morgan fingerprint density at radius 1 is 1.15 bits per heavy atom. The van der Waals surface area contributed by atoms with Gasteiger partial charge < -0.3 is 25.1 Å². The zero-order chi connectivity index (χ0) is 24.1. The van der Waals surface area contributed by atoms with Crippen molar-refractivity contribution in [2.24, 2.45) is 0 Å². The first-order valence-corrected chi connectivity index (χ1v) is 12.0. The van der Waals surface area contributed by atoms with Crippen LogP contribution in [0.15, 0.2) is 36.9 Å². The lowest BCUT2D eigenvalue weighted by atomic mass is 10.0. The zero-order valence-corrected chi connectivity index (χ0v) is 20.2. The third kappa shape index (κ3) is 4.80. The number of hydrogen-bond acceptors (Lipinski definition) is 6. The minimum Gasteiger partial charge on any atom is -0.361 e. The molecule has 0 spiro atoms. The summed E-state index contributed by atoms with van der Waals surface area (Å²) in [6.45, 7) is 9.94. The topological polar surface area (TPSA) is 117 Å². The lowest BCUT2D eigenvalue weighted by Gasteiger charge is -2.34. The van der Waals surface area contributed by atoms with Gasteiger partial charge in [0.1, 0.15) is 17.7 Å². The van der Waals surface area contributed by atoms with E-state index in [0.29, 0.717) is 18.0 Å².